The summed E-state index contributed by atoms with van der Waals surface area (Å²) in [5.41, 5.74) is 0. The van der Waals surface area contributed by atoms with Gasteiger partial charge in [0.15, 0.2) is 5.82 Å². The van der Waals surface area contributed by atoms with Crippen LogP contribution in [0.5, 0.6) is 0 Å². The molecule has 0 N–H and O–H groups in total. The van der Waals surface area contributed by atoms with E-state index in [4.69, 9.17) is 0 Å². The van der Waals surface area contributed by atoms with E-state index in [1.165, 1.54) is 0 Å². The first-order chi connectivity index (χ1) is 11.3. The average molecular weight is 313 g/mol. The van der Waals surface area contributed by atoms with Gasteiger partial charge in [0, 0.05) is 45.5 Å². The smallest absolute Gasteiger partial charge is 0.247 e. The fourth-order valence-corrected chi connectivity index (χ4v) is 2.78. The summed E-state index contributed by atoms with van der Waals surface area (Å²) >= 11 is 0. The Labute approximate surface area is 137 Å². The van der Waals surface area contributed by atoms with Crippen molar-refractivity contribution in [3.05, 3.63) is 30.6 Å². The molecule has 1 saturated heterocycles. The highest BCUT2D eigenvalue weighted by atomic mass is 15.4. The summed E-state index contributed by atoms with van der Waals surface area (Å²) in [7, 11) is 0. The van der Waals surface area contributed by atoms with Crippen LogP contribution in [-0.4, -0.2) is 59.4 Å². The Bertz CT molecular complexity index is 607. The zero-order valence-corrected chi connectivity index (χ0v) is 13.8. The van der Waals surface area contributed by atoms with Gasteiger partial charge in [0.1, 0.15) is 5.82 Å². The lowest BCUT2D eigenvalue weighted by molar-refractivity contribution is 0.637. The Balaban J connectivity index is 1.67. The lowest BCUT2D eigenvalue weighted by atomic mass is 10.3. The molecule has 0 aliphatic carbocycles. The monoisotopic (exact) mass is 313 g/mol. The quantitative estimate of drug-likeness (QED) is 0.827. The Morgan fingerprint density at radius 3 is 2.30 bits per heavy atom. The highest BCUT2D eigenvalue weighted by Gasteiger charge is 2.20. The van der Waals surface area contributed by atoms with Crippen LogP contribution in [0.1, 0.15) is 13.8 Å². The van der Waals surface area contributed by atoms with Gasteiger partial charge in [-0.1, -0.05) is 6.07 Å². The van der Waals surface area contributed by atoms with Crippen molar-refractivity contribution in [2.75, 3.05) is 54.0 Å². The first-order valence-electron chi connectivity index (χ1n) is 8.17. The van der Waals surface area contributed by atoms with Crippen LogP contribution in [0.4, 0.5) is 17.6 Å². The first-order valence-corrected chi connectivity index (χ1v) is 8.17. The van der Waals surface area contributed by atoms with Crippen molar-refractivity contribution in [3.63, 3.8) is 0 Å². The Kier molecular flexibility index (Phi) is 4.85. The molecule has 0 amide bonds. The molecule has 2 aromatic heterocycles. The molecule has 23 heavy (non-hydrogen) atoms. The molecule has 7 nitrogen and oxygen atoms in total. The average Bonchev–Trinajstić information content (AvgIpc) is 2.64. The minimum atomic E-state index is 0.708. The van der Waals surface area contributed by atoms with Crippen molar-refractivity contribution in [2.24, 2.45) is 0 Å². The summed E-state index contributed by atoms with van der Waals surface area (Å²) in [5, 5.41) is 8.29. The minimum Gasteiger partial charge on any atom is -0.353 e. The van der Waals surface area contributed by atoms with Crippen LogP contribution in [0.2, 0.25) is 0 Å². The van der Waals surface area contributed by atoms with Gasteiger partial charge < -0.3 is 14.7 Å². The molecule has 1 aliphatic heterocycles. The van der Waals surface area contributed by atoms with Crippen LogP contribution < -0.4 is 14.7 Å². The highest BCUT2D eigenvalue weighted by Crippen LogP contribution is 2.18. The first kappa shape index (κ1) is 15.5. The maximum absolute atomic E-state index is 4.68. The number of hydrogen-bond acceptors (Lipinski definition) is 7. The summed E-state index contributed by atoms with van der Waals surface area (Å²) in [5.74, 6) is 2.65. The molecule has 0 radical (unpaired) electrons. The number of aromatic nitrogens is 4. The lowest BCUT2D eigenvalue weighted by Gasteiger charge is -2.36. The highest BCUT2D eigenvalue weighted by molar-refractivity contribution is 5.45. The van der Waals surface area contributed by atoms with E-state index in [2.05, 4.69) is 54.8 Å². The van der Waals surface area contributed by atoms with Gasteiger partial charge in [-0.15, -0.1) is 5.10 Å². The molecule has 0 atom stereocenters. The van der Waals surface area contributed by atoms with Gasteiger partial charge in [-0.05, 0) is 26.0 Å². The number of rotatable bonds is 5. The van der Waals surface area contributed by atoms with Gasteiger partial charge in [0.05, 0.1) is 6.20 Å². The van der Waals surface area contributed by atoms with E-state index in [-0.39, 0.29) is 0 Å². The SMILES string of the molecule is CCN(CC)c1nncc(N2CCN(c3ccccn3)CC2)n1. The van der Waals surface area contributed by atoms with Crippen molar-refractivity contribution in [1.82, 2.24) is 20.2 Å². The minimum absolute atomic E-state index is 0.708. The molecular weight excluding hydrogens is 290 g/mol. The van der Waals surface area contributed by atoms with E-state index in [0.717, 1.165) is 50.9 Å². The molecule has 0 spiro atoms. The molecule has 122 valence electrons. The third kappa shape index (κ3) is 3.49. The maximum Gasteiger partial charge on any atom is 0.247 e. The summed E-state index contributed by atoms with van der Waals surface area (Å²) in [4.78, 5) is 15.8. The summed E-state index contributed by atoms with van der Waals surface area (Å²) in [6.45, 7) is 9.66. The Morgan fingerprint density at radius 1 is 1.00 bits per heavy atom. The van der Waals surface area contributed by atoms with Gasteiger partial charge in [-0.2, -0.15) is 10.1 Å². The molecule has 7 heteroatoms. The van der Waals surface area contributed by atoms with Crippen molar-refractivity contribution >= 4 is 17.6 Å². The van der Waals surface area contributed by atoms with Gasteiger partial charge in [-0.3, -0.25) is 0 Å². The summed E-state index contributed by atoms with van der Waals surface area (Å²) < 4.78 is 0. The van der Waals surface area contributed by atoms with Gasteiger partial charge in [0.2, 0.25) is 5.95 Å². The van der Waals surface area contributed by atoms with Crippen molar-refractivity contribution in [1.29, 1.82) is 0 Å². The molecule has 0 saturated carbocycles. The largest absolute Gasteiger partial charge is 0.353 e. The molecular formula is C16H23N7. The fraction of sp³-hybridized carbons (Fsp3) is 0.500. The topological polar surface area (TPSA) is 61.3 Å². The second kappa shape index (κ2) is 7.21. The summed E-state index contributed by atoms with van der Waals surface area (Å²) in [6, 6.07) is 6.03. The molecule has 1 aliphatic rings. The number of pyridine rings is 1. The van der Waals surface area contributed by atoms with Gasteiger partial charge in [0.25, 0.3) is 0 Å². The lowest BCUT2D eigenvalue weighted by Crippen LogP contribution is -2.47. The van der Waals surface area contributed by atoms with Crippen LogP contribution in [-0.2, 0) is 0 Å². The Morgan fingerprint density at radius 2 is 1.70 bits per heavy atom. The molecule has 2 aromatic rings. The van der Waals surface area contributed by atoms with Crippen molar-refractivity contribution in [3.8, 4) is 0 Å². The zero-order chi connectivity index (χ0) is 16.1. The van der Waals surface area contributed by atoms with E-state index >= 15 is 0 Å². The fourth-order valence-electron chi connectivity index (χ4n) is 2.78. The van der Waals surface area contributed by atoms with E-state index in [1.807, 2.05) is 18.3 Å². The second-order valence-electron chi connectivity index (χ2n) is 5.45. The number of anilines is 3. The van der Waals surface area contributed by atoms with E-state index in [0.29, 0.717) is 5.95 Å². The van der Waals surface area contributed by atoms with E-state index < -0.39 is 0 Å². The van der Waals surface area contributed by atoms with Gasteiger partial charge in [-0.25, -0.2) is 4.98 Å². The Hall–Kier alpha value is -2.44. The van der Waals surface area contributed by atoms with Crippen LogP contribution in [0.3, 0.4) is 0 Å². The molecule has 3 rings (SSSR count). The number of piperazine rings is 1. The second-order valence-corrected chi connectivity index (χ2v) is 5.45. The van der Waals surface area contributed by atoms with Crippen LogP contribution in [0.25, 0.3) is 0 Å². The molecule has 0 bridgehead atoms. The standard InChI is InChI=1S/C16H23N7/c1-3-21(4-2)16-19-15(13-18-20-16)23-11-9-22(10-12-23)14-7-5-6-8-17-14/h5-8,13H,3-4,9-12H2,1-2H3. The number of hydrogen-bond donors (Lipinski definition) is 0. The van der Waals surface area contributed by atoms with Crippen LogP contribution in [0, 0.1) is 0 Å². The van der Waals surface area contributed by atoms with Crippen molar-refractivity contribution < 1.29 is 0 Å². The van der Waals surface area contributed by atoms with Crippen molar-refractivity contribution in [2.45, 2.75) is 13.8 Å². The normalized spacial score (nSPS) is 14.9. The molecule has 0 aromatic carbocycles. The zero-order valence-electron chi connectivity index (χ0n) is 13.8. The number of nitrogens with zero attached hydrogens (tertiary/aromatic N) is 7. The molecule has 0 unspecified atom stereocenters. The van der Waals surface area contributed by atoms with E-state index in [9.17, 15) is 0 Å². The molecule has 1 fully saturated rings. The van der Waals surface area contributed by atoms with Crippen LogP contribution in [0.15, 0.2) is 30.6 Å². The third-order valence-corrected chi connectivity index (χ3v) is 4.16. The predicted octanol–water partition coefficient (Wildman–Crippen LogP) is 1.44. The maximum atomic E-state index is 4.68. The third-order valence-electron chi connectivity index (χ3n) is 4.16. The van der Waals surface area contributed by atoms with E-state index in [1.54, 1.807) is 6.20 Å². The van der Waals surface area contributed by atoms with Crippen LogP contribution >= 0.6 is 0 Å². The molecule has 3 heterocycles. The van der Waals surface area contributed by atoms with Gasteiger partial charge >= 0.3 is 0 Å². The predicted molar refractivity (Wildman–Crippen MR) is 92.1 cm³/mol. The summed E-state index contributed by atoms with van der Waals surface area (Å²) in [6.07, 6.45) is 3.59.